The van der Waals surface area contributed by atoms with Crippen molar-refractivity contribution in [3.05, 3.63) is 90.5 Å². The highest BCUT2D eigenvalue weighted by Crippen LogP contribution is 2.23. The van der Waals surface area contributed by atoms with Crippen molar-refractivity contribution in [1.29, 1.82) is 5.26 Å². The van der Waals surface area contributed by atoms with Crippen LogP contribution in [0.15, 0.2) is 88.5 Å². The number of aromatic nitrogens is 1. The molecule has 0 aliphatic carbocycles. The lowest BCUT2D eigenvalue weighted by Gasteiger charge is -2.08. The van der Waals surface area contributed by atoms with Crippen LogP contribution in [0.5, 0.6) is 0 Å². The van der Waals surface area contributed by atoms with Gasteiger partial charge in [-0.2, -0.15) is 5.26 Å². The number of para-hydroxylation sites is 1. The zero-order chi connectivity index (χ0) is 24.0. The van der Waals surface area contributed by atoms with Gasteiger partial charge in [0.1, 0.15) is 5.76 Å². The maximum Gasteiger partial charge on any atom is 0.248 e. The maximum atomic E-state index is 12.6. The van der Waals surface area contributed by atoms with Gasteiger partial charge in [0.15, 0.2) is 0 Å². The molecule has 4 aromatic rings. The number of sulfonamides is 1. The van der Waals surface area contributed by atoms with Crippen LogP contribution in [0.4, 0.5) is 5.69 Å². The first-order chi connectivity index (χ1) is 16.5. The highest BCUT2D eigenvalue weighted by Gasteiger charge is 2.15. The quantitative estimate of drug-likeness (QED) is 0.351. The summed E-state index contributed by atoms with van der Waals surface area (Å²) >= 11 is 0. The highest BCUT2D eigenvalue weighted by atomic mass is 32.2. The van der Waals surface area contributed by atoms with Crippen molar-refractivity contribution in [2.45, 2.75) is 24.4 Å². The summed E-state index contributed by atoms with van der Waals surface area (Å²) in [5.74, 6) is 0.0964. The summed E-state index contributed by atoms with van der Waals surface area (Å²) in [6.07, 6.45) is 6.86. The van der Waals surface area contributed by atoms with Crippen LogP contribution in [0.3, 0.4) is 0 Å². The van der Waals surface area contributed by atoms with Crippen molar-refractivity contribution in [3.8, 4) is 6.07 Å². The number of nitrogens with zero attached hydrogens (tertiary/aromatic N) is 2. The van der Waals surface area contributed by atoms with Crippen molar-refractivity contribution >= 4 is 38.6 Å². The predicted molar refractivity (Wildman–Crippen MR) is 129 cm³/mol. The number of benzene rings is 2. The molecule has 0 aliphatic heterocycles. The van der Waals surface area contributed by atoms with Gasteiger partial charge in [-0.15, -0.1) is 0 Å². The number of hydrogen-bond donors (Lipinski definition) is 2. The van der Waals surface area contributed by atoms with Gasteiger partial charge in [-0.05, 0) is 42.5 Å². The number of hydrogen-bond acceptors (Lipinski definition) is 5. The molecule has 0 fully saturated rings. The highest BCUT2D eigenvalue weighted by molar-refractivity contribution is 7.89. The average molecular weight is 475 g/mol. The van der Waals surface area contributed by atoms with E-state index in [2.05, 4.69) is 16.1 Å². The second-order valence-electron chi connectivity index (χ2n) is 7.46. The van der Waals surface area contributed by atoms with Gasteiger partial charge in [0, 0.05) is 41.0 Å². The zero-order valence-electron chi connectivity index (χ0n) is 18.1. The Hall–Kier alpha value is -4.13. The van der Waals surface area contributed by atoms with Crippen LogP contribution in [0.1, 0.15) is 17.7 Å². The Labute approximate surface area is 197 Å². The topological polar surface area (TPSA) is 117 Å². The van der Waals surface area contributed by atoms with Gasteiger partial charge in [0.2, 0.25) is 15.9 Å². The lowest BCUT2D eigenvalue weighted by molar-refractivity contribution is -0.111. The van der Waals surface area contributed by atoms with E-state index in [4.69, 9.17) is 9.68 Å². The molecule has 2 aromatic carbocycles. The van der Waals surface area contributed by atoms with Crippen molar-refractivity contribution in [2.75, 3.05) is 5.32 Å². The number of nitrogens with one attached hydrogen (secondary N) is 2. The number of carbonyl (C=O) groups is 1. The average Bonchev–Trinajstić information content (AvgIpc) is 3.48. The van der Waals surface area contributed by atoms with Gasteiger partial charge in [-0.3, -0.25) is 4.79 Å². The van der Waals surface area contributed by atoms with Gasteiger partial charge in [-0.1, -0.05) is 24.3 Å². The van der Waals surface area contributed by atoms with Crippen molar-refractivity contribution in [1.82, 2.24) is 9.29 Å². The van der Waals surface area contributed by atoms with Gasteiger partial charge in [0.05, 0.1) is 30.2 Å². The molecule has 4 rings (SSSR count). The van der Waals surface area contributed by atoms with E-state index in [0.29, 0.717) is 24.4 Å². The first-order valence-electron chi connectivity index (χ1n) is 10.5. The normalized spacial score (nSPS) is 11.6. The lowest BCUT2D eigenvalue weighted by Crippen LogP contribution is -2.23. The minimum Gasteiger partial charge on any atom is -0.468 e. The summed E-state index contributed by atoms with van der Waals surface area (Å²) in [7, 11) is -3.78. The van der Waals surface area contributed by atoms with Crippen LogP contribution in [0.25, 0.3) is 17.0 Å². The van der Waals surface area contributed by atoms with Crippen LogP contribution < -0.4 is 10.0 Å². The Bertz CT molecular complexity index is 1480. The van der Waals surface area contributed by atoms with Crippen LogP contribution >= 0.6 is 0 Å². The van der Waals surface area contributed by atoms with Crippen LogP contribution in [-0.2, 0) is 27.9 Å². The molecule has 172 valence electrons. The minimum absolute atomic E-state index is 0.0244. The first kappa shape index (κ1) is 23.0. The monoisotopic (exact) mass is 474 g/mol. The number of furan rings is 1. The maximum absolute atomic E-state index is 12.6. The molecule has 0 bridgehead atoms. The fourth-order valence-electron chi connectivity index (χ4n) is 3.52. The molecule has 1 amide bonds. The van der Waals surface area contributed by atoms with E-state index < -0.39 is 15.9 Å². The molecule has 0 saturated carbocycles. The fourth-order valence-corrected chi connectivity index (χ4v) is 4.56. The Morgan fingerprint density at radius 1 is 1.12 bits per heavy atom. The number of rotatable bonds is 9. The number of nitriles is 1. The summed E-state index contributed by atoms with van der Waals surface area (Å²) in [4.78, 5) is 12.5. The second-order valence-corrected chi connectivity index (χ2v) is 9.22. The Morgan fingerprint density at radius 3 is 2.76 bits per heavy atom. The second kappa shape index (κ2) is 10.2. The van der Waals surface area contributed by atoms with Crippen molar-refractivity contribution < 1.29 is 17.6 Å². The first-order valence-corrected chi connectivity index (χ1v) is 12.0. The van der Waals surface area contributed by atoms with E-state index in [0.717, 1.165) is 16.5 Å². The van der Waals surface area contributed by atoms with Crippen LogP contribution in [0, 0.1) is 11.3 Å². The third kappa shape index (κ3) is 5.43. The van der Waals surface area contributed by atoms with Crippen LogP contribution in [-0.4, -0.2) is 18.9 Å². The largest absolute Gasteiger partial charge is 0.468 e. The van der Waals surface area contributed by atoms with Crippen molar-refractivity contribution in [3.63, 3.8) is 0 Å². The molecular formula is C25H22N4O4S. The lowest BCUT2D eigenvalue weighted by atomic mass is 10.1. The van der Waals surface area contributed by atoms with E-state index in [1.807, 2.05) is 35.0 Å². The van der Waals surface area contributed by atoms with Gasteiger partial charge < -0.3 is 14.3 Å². The third-order valence-electron chi connectivity index (χ3n) is 5.13. The van der Waals surface area contributed by atoms with E-state index in [1.54, 1.807) is 30.3 Å². The molecule has 0 spiro atoms. The summed E-state index contributed by atoms with van der Waals surface area (Å²) in [5, 5.41) is 12.6. The Balaban J connectivity index is 1.46. The number of carbonyl (C=O) groups excluding carboxylic acids is 1. The molecule has 9 heteroatoms. The number of amides is 1. The molecule has 2 N–H and O–H groups in total. The Morgan fingerprint density at radius 2 is 1.97 bits per heavy atom. The van der Waals surface area contributed by atoms with Crippen LogP contribution in [0.2, 0.25) is 0 Å². The van der Waals surface area contributed by atoms with Gasteiger partial charge >= 0.3 is 0 Å². The summed E-state index contributed by atoms with van der Waals surface area (Å²) in [6.45, 7) is 0.586. The standard InChI is InChI=1S/C25H22N4O4S/c26-13-5-14-29-18-19(23-9-1-2-10-24(23)29)11-12-25(30)28-20-6-3-8-22(16-20)34(31,32)27-17-21-7-4-15-33-21/h1-4,6-12,15-16,18,27H,5,14,17H2,(H,28,30)/b12-11+. The van der Waals surface area contributed by atoms with E-state index in [9.17, 15) is 13.2 Å². The third-order valence-corrected chi connectivity index (χ3v) is 6.53. The predicted octanol–water partition coefficient (Wildman–Crippen LogP) is 4.28. The Kier molecular flexibility index (Phi) is 6.92. The number of fused-ring (bicyclic) bond motifs is 1. The number of aryl methyl sites for hydroxylation is 1. The minimum atomic E-state index is -3.78. The van der Waals surface area contributed by atoms with Gasteiger partial charge in [0.25, 0.3) is 0 Å². The van der Waals surface area contributed by atoms with E-state index in [1.165, 1.54) is 24.5 Å². The summed E-state index contributed by atoms with van der Waals surface area (Å²) < 4.78 is 34.8. The molecule has 0 radical (unpaired) electrons. The number of anilines is 1. The molecule has 2 aromatic heterocycles. The summed E-state index contributed by atoms with van der Waals surface area (Å²) in [6, 6.07) is 19.3. The van der Waals surface area contributed by atoms with Gasteiger partial charge in [-0.25, -0.2) is 13.1 Å². The molecule has 0 unspecified atom stereocenters. The molecule has 34 heavy (non-hydrogen) atoms. The summed E-state index contributed by atoms with van der Waals surface area (Å²) in [5.41, 5.74) is 2.19. The molecule has 0 atom stereocenters. The molecule has 0 saturated heterocycles. The molecular weight excluding hydrogens is 452 g/mol. The smallest absolute Gasteiger partial charge is 0.248 e. The molecule has 0 aliphatic rings. The molecule has 2 heterocycles. The SMILES string of the molecule is N#CCCn1cc(/C=C/C(=O)Nc2cccc(S(=O)(=O)NCc3ccco3)c2)c2ccccc21. The zero-order valence-corrected chi connectivity index (χ0v) is 19.0. The van der Waals surface area contributed by atoms with Crippen molar-refractivity contribution in [2.24, 2.45) is 0 Å². The van der Waals surface area contributed by atoms with E-state index in [-0.39, 0.29) is 11.4 Å². The fraction of sp³-hybridized carbons (Fsp3) is 0.120. The van der Waals surface area contributed by atoms with E-state index >= 15 is 0 Å². The molecule has 8 nitrogen and oxygen atoms in total.